The third kappa shape index (κ3) is 4.02. The highest BCUT2D eigenvalue weighted by atomic mass is 19.2. The fourth-order valence-electron chi connectivity index (χ4n) is 1.87. The first-order valence-electron chi connectivity index (χ1n) is 6.55. The monoisotopic (exact) mass is 290 g/mol. The Labute approximate surface area is 122 Å². The molecule has 110 valence electrons. The molecule has 0 spiro atoms. The summed E-state index contributed by atoms with van der Waals surface area (Å²) < 4.78 is 25.9. The van der Waals surface area contributed by atoms with Crippen molar-refractivity contribution in [3.8, 4) is 0 Å². The van der Waals surface area contributed by atoms with Crippen LogP contribution < -0.4 is 10.6 Å². The van der Waals surface area contributed by atoms with Crippen LogP contribution in [0.25, 0.3) is 0 Å². The van der Waals surface area contributed by atoms with E-state index in [2.05, 4.69) is 10.6 Å². The number of halogens is 2. The van der Waals surface area contributed by atoms with Gasteiger partial charge in [0.05, 0.1) is 0 Å². The fourth-order valence-corrected chi connectivity index (χ4v) is 1.87. The minimum absolute atomic E-state index is 0.259. The van der Waals surface area contributed by atoms with E-state index in [0.717, 1.165) is 17.7 Å². The Morgan fingerprint density at radius 1 is 1.05 bits per heavy atom. The summed E-state index contributed by atoms with van der Waals surface area (Å²) in [4.78, 5) is 12.0. The molecule has 1 unspecified atom stereocenters. The lowest BCUT2D eigenvalue weighted by Gasteiger charge is -2.15. The number of rotatable bonds is 4. The van der Waals surface area contributed by atoms with Crippen LogP contribution >= 0.6 is 0 Å². The molecule has 3 nitrogen and oxygen atoms in total. The Hall–Kier alpha value is -2.43. The molecule has 0 heterocycles. The lowest BCUT2D eigenvalue weighted by molar-refractivity contribution is -0.116. The Morgan fingerprint density at radius 3 is 2.48 bits per heavy atom. The average Bonchev–Trinajstić information content (AvgIpc) is 2.43. The van der Waals surface area contributed by atoms with Gasteiger partial charge in [0.1, 0.15) is 6.04 Å². The van der Waals surface area contributed by atoms with E-state index in [1.54, 1.807) is 13.0 Å². The summed E-state index contributed by atoms with van der Waals surface area (Å²) in [6.07, 6.45) is 0. The molecule has 5 heteroatoms. The standard InChI is InChI=1S/C16H16F2N2O/c1-10-4-3-5-12(8-10)20-16(21)11(2)19-13-6-7-14(17)15(18)9-13/h3-9,11,19H,1-2H3,(H,20,21). The van der Waals surface area contributed by atoms with Crippen LogP contribution in [-0.4, -0.2) is 11.9 Å². The summed E-state index contributed by atoms with van der Waals surface area (Å²) in [6, 6.07) is 10.2. The van der Waals surface area contributed by atoms with E-state index >= 15 is 0 Å². The fraction of sp³-hybridized carbons (Fsp3) is 0.188. The van der Waals surface area contributed by atoms with Crippen molar-refractivity contribution in [2.24, 2.45) is 0 Å². The SMILES string of the molecule is Cc1cccc(NC(=O)C(C)Nc2ccc(F)c(F)c2)c1. The second kappa shape index (κ2) is 6.35. The molecule has 2 N–H and O–H groups in total. The summed E-state index contributed by atoms with van der Waals surface area (Å²) in [5.41, 5.74) is 2.08. The van der Waals surface area contributed by atoms with Gasteiger partial charge in [-0.05, 0) is 43.7 Å². The van der Waals surface area contributed by atoms with Gasteiger partial charge in [-0.1, -0.05) is 12.1 Å². The number of aryl methyl sites for hydroxylation is 1. The second-order valence-electron chi connectivity index (χ2n) is 4.85. The Morgan fingerprint density at radius 2 is 1.81 bits per heavy atom. The molecule has 0 aromatic heterocycles. The molecule has 0 aliphatic rings. The predicted molar refractivity (Wildman–Crippen MR) is 79.3 cm³/mol. The molecule has 0 aliphatic heterocycles. The van der Waals surface area contributed by atoms with Crippen molar-refractivity contribution in [3.63, 3.8) is 0 Å². The summed E-state index contributed by atoms with van der Waals surface area (Å²) in [5.74, 6) is -2.13. The number of carbonyl (C=O) groups is 1. The Bertz CT molecular complexity index is 658. The summed E-state index contributed by atoms with van der Waals surface area (Å²) in [7, 11) is 0. The van der Waals surface area contributed by atoms with E-state index in [0.29, 0.717) is 11.4 Å². The van der Waals surface area contributed by atoms with Gasteiger partial charge in [-0.15, -0.1) is 0 Å². The van der Waals surface area contributed by atoms with Gasteiger partial charge in [0.25, 0.3) is 0 Å². The number of nitrogens with one attached hydrogen (secondary N) is 2. The van der Waals surface area contributed by atoms with Crippen LogP contribution in [0.3, 0.4) is 0 Å². The van der Waals surface area contributed by atoms with Crippen LogP contribution in [0.5, 0.6) is 0 Å². The van der Waals surface area contributed by atoms with Crippen molar-refractivity contribution < 1.29 is 13.6 Å². The van der Waals surface area contributed by atoms with Crippen LogP contribution in [0, 0.1) is 18.6 Å². The van der Waals surface area contributed by atoms with Gasteiger partial charge in [0.2, 0.25) is 5.91 Å². The highest BCUT2D eigenvalue weighted by molar-refractivity contribution is 5.96. The molecule has 21 heavy (non-hydrogen) atoms. The van der Waals surface area contributed by atoms with Crippen molar-refractivity contribution in [1.82, 2.24) is 0 Å². The highest BCUT2D eigenvalue weighted by Gasteiger charge is 2.13. The molecule has 0 bridgehead atoms. The van der Waals surface area contributed by atoms with Gasteiger partial charge in [0.15, 0.2) is 11.6 Å². The molecule has 1 amide bonds. The highest BCUT2D eigenvalue weighted by Crippen LogP contribution is 2.15. The van der Waals surface area contributed by atoms with Gasteiger partial charge in [-0.25, -0.2) is 8.78 Å². The number of carbonyl (C=O) groups excluding carboxylic acids is 1. The Balaban J connectivity index is 2.00. The molecule has 0 saturated heterocycles. The predicted octanol–water partition coefficient (Wildman–Crippen LogP) is 3.71. The molecule has 2 rings (SSSR count). The first-order valence-corrected chi connectivity index (χ1v) is 6.55. The molecule has 0 saturated carbocycles. The lowest BCUT2D eigenvalue weighted by Crippen LogP contribution is -2.31. The van der Waals surface area contributed by atoms with Crippen molar-refractivity contribution >= 4 is 17.3 Å². The summed E-state index contributed by atoms with van der Waals surface area (Å²) >= 11 is 0. The van der Waals surface area contributed by atoms with E-state index < -0.39 is 17.7 Å². The van der Waals surface area contributed by atoms with Gasteiger partial charge in [-0.2, -0.15) is 0 Å². The Kier molecular flexibility index (Phi) is 4.52. The first kappa shape index (κ1) is 15.0. The van der Waals surface area contributed by atoms with E-state index in [1.165, 1.54) is 6.07 Å². The van der Waals surface area contributed by atoms with Crippen molar-refractivity contribution in [3.05, 3.63) is 59.7 Å². The smallest absolute Gasteiger partial charge is 0.246 e. The maximum atomic E-state index is 13.1. The zero-order valence-electron chi connectivity index (χ0n) is 11.8. The average molecular weight is 290 g/mol. The zero-order valence-corrected chi connectivity index (χ0v) is 11.8. The molecular weight excluding hydrogens is 274 g/mol. The van der Waals surface area contributed by atoms with E-state index in [9.17, 15) is 13.6 Å². The van der Waals surface area contributed by atoms with Crippen molar-refractivity contribution in [1.29, 1.82) is 0 Å². The number of anilines is 2. The maximum Gasteiger partial charge on any atom is 0.246 e. The molecule has 0 radical (unpaired) electrons. The number of benzene rings is 2. The quantitative estimate of drug-likeness (QED) is 0.901. The van der Waals surface area contributed by atoms with Gasteiger partial charge >= 0.3 is 0 Å². The van der Waals surface area contributed by atoms with Gasteiger partial charge < -0.3 is 10.6 Å². The molecule has 0 aliphatic carbocycles. The van der Waals surface area contributed by atoms with Crippen molar-refractivity contribution in [2.75, 3.05) is 10.6 Å². The van der Waals surface area contributed by atoms with Crippen LogP contribution in [-0.2, 0) is 4.79 Å². The van der Waals surface area contributed by atoms with Gasteiger partial charge in [0, 0.05) is 17.4 Å². The maximum absolute atomic E-state index is 13.1. The minimum atomic E-state index is -0.953. The molecule has 1 atom stereocenters. The summed E-state index contributed by atoms with van der Waals surface area (Å²) in [6.45, 7) is 3.57. The normalized spacial score (nSPS) is 11.8. The number of hydrogen-bond acceptors (Lipinski definition) is 2. The van der Waals surface area contributed by atoms with Gasteiger partial charge in [-0.3, -0.25) is 4.79 Å². The first-order chi connectivity index (χ1) is 9.95. The molecular formula is C16H16F2N2O. The van der Waals surface area contributed by atoms with Crippen LogP contribution in [0.4, 0.5) is 20.2 Å². The van der Waals surface area contributed by atoms with E-state index in [4.69, 9.17) is 0 Å². The third-order valence-corrected chi connectivity index (χ3v) is 2.98. The molecule has 0 fully saturated rings. The third-order valence-electron chi connectivity index (χ3n) is 2.98. The number of hydrogen-bond donors (Lipinski definition) is 2. The molecule has 2 aromatic rings. The summed E-state index contributed by atoms with van der Waals surface area (Å²) in [5, 5.41) is 5.59. The van der Waals surface area contributed by atoms with Crippen molar-refractivity contribution in [2.45, 2.75) is 19.9 Å². The topological polar surface area (TPSA) is 41.1 Å². The van der Waals surface area contributed by atoms with Crippen LogP contribution in [0.2, 0.25) is 0 Å². The van der Waals surface area contributed by atoms with Crippen LogP contribution in [0.15, 0.2) is 42.5 Å². The van der Waals surface area contributed by atoms with E-state index in [-0.39, 0.29) is 5.91 Å². The van der Waals surface area contributed by atoms with E-state index in [1.807, 2.05) is 25.1 Å². The molecule has 2 aromatic carbocycles. The largest absolute Gasteiger partial charge is 0.374 e. The minimum Gasteiger partial charge on any atom is -0.374 e. The number of amides is 1. The zero-order chi connectivity index (χ0) is 15.4. The lowest BCUT2D eigenvalue weighted by atomic mass is 10.2. The van der Waals surface area contributed by atoms with Crippen LogP contribution in [0.1, 0.15) is 12.5 Å². The second-order valence-corrected chi connectivity index (χ2v) is 4.85.